The van der Waals surface area contributed by atoms with E-state index in [9.17, 15) is 0 Å². The maximum absolute atomic E-state index is 6.14. The van der Waals surface area contributed by atoms with Crippen LogP contribution >= 0.6 is 0 Å². The van der Waals surface area contributed by atoms with Crippen LogP contribution in [0.3, 0.4) is 0 Å². The first-order valence-corrected chi connectivity index (χ1v) is 9.13. The van der Waals surface area contributed by atoms with Crippen molar-refractivity contribution in [1.82, 2.24) is 9.80 Å². The minimum atomic E-state index is 0.354. The van der Waals surface area contributed by atoms with E-state index in [2.05, 4.69) is 53.9 Å². The number of benzene rings is 1. The Kier molecular flexibility index (Phi) is 5.76. The molecule has 0 saturated carbocycles. The fourth-order valence-electron chi connectivity index (χ4n) is 4.16. The van der Waals surface area contributed by atoms with Gasteiger partial charge in [-0.25, -0.2) is 0 Å². The lowest BCUT2D eigenvalue weighted by Crippen LogP contribution is -2.41. The molecule has 134 valence electrons. The van der Waals surface area contributed by atoms with Crippen molar-refractivity contribution >= 4 is 5.69 Å². The topological polar surface area (TPSA) is 45.0 Å². The lowest BCUT2D eigenvalue weighted by Gasteiger charge is -2.32. The van der Waals surface area contributed by atoms with Crippen molar-refractivity contribution in [3.63, 3.8) is 0 Å². The van der Waals surface area contributed by atoms with Crippen LogP contribution in [0.5, 0.6) is 0 Å². The van der Waals surface area contributed by atoms with Gasteiger partial charge in [-0.3, -0.25) is 9.80 Å². The third-order valence-corrected chi connectivity index (χ3v) is 5.27. The highest BCUT2D eigenvalue weighted by molar-refractivity contribution is 5.58. The summed E-state index contributed by atoms with van der Waals surface area (Å²) in [6.45, 7) is 10.2. The molecule has 0 spiro atoms. The minimum Gasteiger partial charge on any atom is -0.379 e. The molecule has 1 aromatic rings. The van der Waals surface area contributed by atoms with Gasteiger partial charge in [-0.2, -0.15) is 0 Å². The van der Waals surface area contributed by atoms with E-state index in [0.717, 1.165) is 45.9 Å². The van der Waals surface area contributed by atoms with Gasteiger partial charge in [0.25, 0.3) is 0 Å². The molecular weight excluding hydrogens is 300 g/mol. The highest BCUT2D eigenvalue weighted by Gasteiger charge is 2.32. The first-order valence-electron chi connectivity index (χ1n) is 9.13. The van der Waals surface area contributed by atoms with Crippen LogP contribution in [0.25, 0.3) is 0 Å². The van der Waals surface area contributed by atoms with E-state index in [1.807, 2.05) is 0 Å². The zero-order valence-electron chi connectivity index (χ0n) is 15.4. The van der Waals surface area contributed by atoms with Gasteiger partial charge < -0.3 is 15.4 Å². The lowest BCUT2D eigenvalue weighted by atomic mass is 10.0. The monoisotopic (exact) mass is 332 g/mol. The fourth-order valence-corrected chi connectivity index (χ4v) is 4.16. The number of rotatable bonds is 6. The molecule has 2 aliphatic rings. The molecule has 1 saturated heterocycles. The second-order valence-corrected chi connectivity index (χ2v) is 7.44. The summed E-state index contributed by atoms with van der Waals surface area (Å²) in [5, 5.41) is 0. The number of fused-ring (bicyclic) bond motifs is 1. The maximum Gasteiger partial charge on any atom is 0.0594 e. The highest BCUT2D eigenvalue weighted by Crippen LogP contribution is 2.38. The summed E-state index contributed by atoms with van der Waals surface area (Å²) < 4.78 is 5.45. The zero-order chi connectivity index (χ0) is 17.1. The first kappa shape index (κ1) is 17.7. The van der Waals surface area contributed by atoms with Crippen molar-refractivity contribution in [3.05, 3.63) is 29.3 Å². The molecular formula is C19H32N4O. The zero-order valence-corrected chi connectivity index (χ0v) is 15.4. The van der Waals surface area contributed by atoms with Crippen molar-refractivity contribution in [2.24, 2.45) is 11.7 Å². The predicted molar refractivity (Wildman–Crippen MR) is 99.4 cm³/mol. The van der Waals surface area contributed by atoms with Crippen LogP contribution in [0.15, 0.2) is 18.2 Å². The predicted octanol–water partition coefficient (Wildman–Crippen LogP) is 1.54. The minimum absolute atomic E-state index is 0.354. The lowest BCUT2D eigenvalue weighted by molar-refractivity contribution is 0.0279. The Morgan fingerprint density at radius 3 is 2.67 bits per heavy atom. The summed E-state index contributed by atoms with van der Waals surface area (Å²) in [7, 11) is 4.24. The van der Waals surface area contributed by atoms with Crippen LogP contribution in [0, 0.1) is 5.92 Å². The van der Waals surface area contributed by atoms with Gasteiger partial charge in [0.2, 0.25) is 0 Å². The Morgan fingerprint density at radius 1 is 1.25 bits per heavy atom. The second kappa shape index (κ2) is 7.83. The highest BCUT2D eigenvalue weighted by atomic mass is 16.5. The normalized spacial score (nSPS) is 23.2. The quantitative estimate of drug-likeness (QED) is 0.856. The van der Waals surface area contributed by atoms with E-state index in [1.54, 1.807) is 0 Å². The van der Waals surface area contributed by atoms with Crippen LogP contribution in [-0.2, 0) is 11.3 Å². The number of anilines is 1. The molecule has 1 aromatic carbocycles. The van der Waals surface area contributed by atoms with Crippen LogP contribution in [0.2, 0.25) is 0 Å². The summed E-state index contributed by atoms with van der Waals surface area (Å²) in [5.41, 5.74) is 10.3. The summed E-state index contributed by atoms with van der Waals surface area (Å²) in [4.78, 5) is 7.32. The maximum atomic E-state index is 6.14. The van der Waals surface area contributed by atoms with Gasteiger partial charge in [-0.15, -0.1) is 0 Å². The standard InChI is InChI=1S/C19H32N4O/c1-15(12-22-7-9-24-10-8-22)13-23-14-17-16(19(23)11-20)5-4-6-18(17)21(2)3/h4-6,15,19H,7-14,20H2,1-3H3. The first-order chi connectivity index (χ1) is 11.6. The third kappa shape index (κ3) is 3.75. The Labute approximate surface area is 146 Å². The van der Waals surface area contributed by atoms with Crippen LogP contribution in [0.4, 0.5) is 5.69 Å². The molecule has 5 heteroatoms. The van der Waals surface area contributed by atoms with Gasteiger partial charge >= 0.3 is 0 Å². The number of nitrogens with zero attached hydrogens (tertiary/aromatic N) is 3. The summed E-state index contributed by atoms with van der Waals surface area (Å²) in [6.07, 6.45) is 0. The molecule has 0 aliphatic carbocycles. The Balaban J connectivity index is 1.67. The molecule has 0 aromatic heterocycles. The van der Waals surface area contributed by atoms with Crippen molar-refractivity contribution in [3.8, 4) is 0 Å². The molecule has 2 unspecified atom stereocenters. The van der Waals surface area contributed by atoms with E-state index in [-0.39, 0.29) is 0 Å². The van der Waals surface area contributed by atoms with Gasteiger partial charge in [-0.05, 0) is 23.1 Å². The van der Waals surface area contributed by atoms with Gasteiger partial charge in [0.1, 0.15) is 0 Å². The molecule has 1 fully saturated rings. The van der Waals surface area contributed by atoms with E-state index in [4.69, 9.17) is 10.5 Å². The molecule has 2 N–H and O–H groups in total. The van der Waals surface area contributed by atoms with E-state index >= 15 is 0 Å². The average molecular weight is 332 g/mol. The molecule has 5 nitrogen and oxygen atoms in total. The number of hydrogen-bond acceptors (Lipinski definition) is 5. The van der Waals surface area contributed by atoms with Crippen molar-refractivity contribution < 1.29 is 4.74 Å². The number of hydrogen-bond donors (Lipinski definition) is 1. The molecule has 0 amide bonds. The van der Waals surface area contributed by atoms with E-state index < -0.39 is 0 Å². The second-order valence-electron chi connectivity index (χ2n) is 7.44. The molecule has 2 aliphatic heterocycles. The fraction of sp³-hybridized carbons (Fsp3) is 0.684. The Bertz CT molecular complexity index is 542. The van der Waals surface area contributed by atoms with Gasteiger partial charge in [0.05, 0.1) is 13.2 Å². The van der Waals surface area contributed by atoms with Crippen LogP contribution in [-0.4, -0.2) is 69.8 Å². The Hall–Kier alpha value is -1.14. The summed E-state index contributed by atoms with van der Waals surface area (Å²) >= 11 is 0. The Morgan fingerprint density at radius 2 is 2.00 bits per heavy atom. The van der Waals surface area contributed by atoms with Crippen molar-refractivity contribution in [2.75, 3.05) is 64.9 Å². The molecule has 0 bridgehead atoms. The molecule has 3 rings (SSSR count). The van der Waals surface area contributed by atoms with Gasteiger partial charge in [0, 0.05) is 65.1 Å². The molecule has 24 heavy (non-hydrogen) atoms. The van der Waals surface area contributed by atoms with Crippen LogP contribution in [0.1, 0.15) is 24.1 Å². The van der Waals surface area contributed by atoms with Crippen molar-refractivity contribution in [2.45, 2.75) is 19.5 Å². The van der Waals surface area contributed by atoms with E-state index in [0.29, 0.717) is 18.5 Å². The summed E-state index contributed by atoms with van der Waals surface area (Å²) in [6, 6.07) is 6.99. The smallest absolute Gasteiger partial charge is 0.0594 e. The van der Waals surface area contributed by atoms with E-state index in [1.165, 1.54) is 16.8 Å². The number of ether oxygens (including phenoxy) is 1. The molecule has 2 atom stereocenters. The molecule has 2 heterocycles. The molecule has 0 radical (unpaired) electrons. The number of morpholine rings is 1. The van der Waals surface area contributed by atoms with Gasteiger partial charge in [-0.1, -0.05) is 19.1 Å². The third-order valence-electron chi connectivity index (χ3n) is 5.27. The number of nitrogens with two attached hydrogens (primary N) is 1. The average Bonchev–Trinajstić information content (AvgIpc) is 2.92. The largest absolute Gasteiger partial charge is 0.379 e. The van der Waals surface area contributed by atoms with Gasteiger partial charge in [0.15, 0.2) is 0 Å². The summed E-state index contributed by atoms with van der Waals surface area (Å²) in [5.74, 6) is 0.634. The SMILES string of the molecule is CC(CN1CCOCC1)CN1Cc2c(cccc2N(C)C)C1CN. The van der Waals surface area contributed by atoms with Crippen molar-refractivity contribution in [1.29, 1.82) is 0 Å². The van der Waals surface area contributed by atoms with Crippen LogP contribution < -0.4 is 10.6 Å².